The minimum absolute atomic E-state index is 0.134. The maximum absolute atomic E-state index is 13.4. The number of hydrogen-bond donors (Lipinski definition) is 1. The van der Waals surface area contributed by atoms with Gasteiger partial charge in [0.05, 0.1) is 26.9 Å². The van der Waals surface area contributed by atoms with Crippen molar-refractivity contribution >= 4 is 5.91 Å². The number of nitrogens with one attached hydrogen (secondary N) is 1. The molecule has 1 heterocycles. The van der Waals surface area contributed by atoms with E-state index in [1.807, 2.05) is 0 Å². The lowest BCUT2D eigenvalue weighted by atomic mass is 10.1. The summed E-state index contributed by atoms with van der Waals surface area (Å²) in [6.07, 6.45) is 1.55. The molecule has 1 aromatic heterocycles. The van der Waals surface area contributed by atoms with E-state index in [0.29, 0.717) is 22.8 Å². The molecule has 3 aromatic rings. The van der Waals surface area contributed by atoms with Gasteiger partial charge in [0, 0.05) is 24.4 Å². The molecular formula is C22H21FN2O5. The fourth-order valence-electron chi connectivity index (χ4n) is 2.84. The van der Waals surface area contributed by atoms with E-state index in [0.717, 1.165) is 0 Å². The summed E-state index contributed by atoms with van der Waals surface area (Å²) in [6, 6.07) is 12.4. The van der Waals surface area contributed by atoms with Gasteiger partial charge in [-0.2, -0.15) is 0 Å². The molecule has 1 N–H and O–H groups in total. The van der Waals surface area contributed by atoms with Gasteiger partial charge in [-0.3, -0.25) is 4.79 Å². The standard InChI is InChI=1S/C22H21FN2O5/c1-27-18-10-9-17(19(28-2)20(18)29-3)21(26)25-13-14-6-5-11-24-22(14)30-16-8-4-7-15(23)12-16/h4-12H,13H2,1-3H3,(H,25,26). The number of amides is 1. The van der Waals surface area contributed by atoms with Gasteiger partial charge in [-0.15, -0.1) is 0 Å². The second kappa shape index (κ2) is 9.60. The molecule has 156 valence electrons. The van der Waals surface area contributed by atoms with E-state index in [1.165, 1.54) is 33.5 Å². The summed E-state index contributed by atoms with van der Waals surface area (Å²) in [5.41, 5.74) is 0.904. The van der Waals surface area contributed by atoms with E-state index in [1.54, 1.807) is 42.6 Å². The summed E-state index contributed by atoms with van der Waals surface area (Å²) in [5, 5.41) is 2.81. The molecule has 3 rings (SSSR count). The summed E-state index contributed by atoms with van der Waals surface area (Å²) in [4.78, 5) is 17.0. The Morgan fingerprint density at radius 2 is 1.80 bits per heavy atom. The number of rotatable bonds is 8. The smallest absolute Gasteiger partial charge is 0.255 e. The van der Waals surface area contributed by atoms with Crippen LogP contribution in [-0.2, 0) is 6.54 Å². The van der Waals surface area contributed by atoms with Gasteiger partial charge in [0.25, 0.3) is 5.91 Å². The molecule has 0 fully saturated rings. The van der Waals surface area contributed by atoms with E-state index in [9.17, 15) is 9.18 Å². The van der Waals surface area contributed by atoms with Crippen LogP contribution in [-0.4, -0.2) is 32.2 Å². The van der Waals surface area contributed by atoms with Gasteiger partial charge < -0.3 is 24.3 Å². The molecule has 1 amide bonds. The third-order valence-electron chi connectivity index (χ3n) is 4.25. The molecular weight excluding hydrogens is 391 g/mol. The summed E-state index contributed by atoms with van der Waals surface area (Å²) in [5.74, 6) is 0.808. The number of aromatic nitrogens is 1. The average molecular weight is 412 g/mol. The van der Waals surface area contributed by atoms with Crippen LogP contribution >= 0.6 is 0 Å². The largest absolute Gasteiger partial charge is 0.493 e. The van der Waals surface area contributed by atoms with Gasteiger partial charge in [-0.25, -0.2) is 9.37 Å². The van der Waals surface area contributed by atoms with Crippen LogP contribution < -0.4 is 24.3 Å². The van der Waals surface area contributed by atoms with E-state index in [2.05, 4.69) is 10.3 Å². The third-order valence-corrected chi connectivity index (χ3v) is 4.25. The Hall–Kier alpha value is -3.81. The second-order valence-corrected chi connectivity index (χ2v) is 6.09. The fourth-order valence-corrected chi connectivity index (χ4v) is 2.84. The molecule has 30 heavy (non-hydrogen) atoms. The van der Waals surface area contributed by atoms with Crippen LogP contribution in [0.1, 0.15) is 15.9 Å². The van der Waals surface area contributed by atoms with Crippen molar-refractivity contribution in [3.05, 3.63) is 71.7 Å². The highest BCUT2D eigenvalue weighted by atomic mass is 19.1. The number of pyridine rings is 1. The van der Waals surface area contributed by atoms with Crippen LogP contribution in [0.4, 0.5) is 4.39 Å². The number of hydrogen-bond acceptors (Lipinski definition) is 6. The van der Waals surface area contributed by atoms with E-state index in [4.69, 9.17) is 18.9 Å². The summed E-state index contributed by atoms with van der Waals surface area (Å²) in [7, 11) is 4.41. The van der Waals surface area contributed by atoms with Crippen LogP contribution in [0.5, 0.6) is 28.9 Å². The highest BCUT2D eigenvalue weighted by Crippen LogP contribution is 2.39. The molecule has 0 aliphatic heterocycles. The van der Waals surface area contributed by atoms with Crippen molar-refractivity contribution in [3.8, 4) is 28.9 Å². The van der Waals surface area contributed by atoms with Crippen molar-refractivity contribution in [1.29, 1.82) is 0 Å². The van der Waals surface area contributed by atoms with Crippen molar-refractivity contribution in [2.75, 3.05) is 21.3 Å². The molecule has 0 radical (unpaired) electrons. The van der Waals surface area contributed by atoms with Crippen LogP contribution in [0, 0.1) is 5.82 Å². The summed E-state index contributed by atoms with van der Waals surface area (Å²) >= 11 is 0. The van der Waals surface area contributed by atoms with Gasteiger partial charge in [-0.05, 0) is 30.3 Å². The number of ether oxygens (including phenoxy) is 4. The van der Waals surface area contributed by atoms with Crippen LogP contribution in [0.15, 0.2) is 54.7 Å². The predicted octanol–water partition coefficient (Wildman–Crippen LogP) is 3.97. The Bertz CT molecular complexity index is 1040. The fraction of sp³-hybridized carbons (Fsp3) is 0.182. The third kappa shape index (κ3) is 4.60. The maximum atomic E-state index is 13.4. The number of nitrogens with zero attached hydrogens (tertiary/aromatic N) is 1. The molecule has 0 spiro atoms. The Labute approximate surface area is 173 Å². The molecule has 0 aliphatic rings. The lowest BCUT2D eigenvalue weighted by molar-refractivity contribution is 0.0947. The molecule has 0 saturated carbocycles. The molecule has 0 unspecified atom stereocenters. The number of halogens is 1. The maximum Gasteiger partial charge on any atom is 0.255 e. The van der Waals surface area contributed by atoms with Gasteiger partial charge in [0.1, 0.15) is 11.6 Å². The molecule has 0 atom stereocenters. The number of carbonyl (C=O) groups is 1. The van der Waals surface area contributed by atoms with Gasteiger partial charge in [-0.1, -0.05) is 12.1 Å². The second-order valence-electron chi connectivity index (χ2n) is 6.09. The number of methoxy groups -OCH3 is 3. The molecule has 0 aliphatic carbocycles. The number of benzene rings is 2. The SMILES string of the molecule is COc1ccc(C(=O)NCc2cccnc2Oc2cccc(F)c2)c(OC)c1OC. The zero-order chi connectivity index (χ0) is 21.5. The van der Waals surface area contributed by atoms with Crippen molar-refractivity contribution < 1.29 is 28.1 Å². The summed E-state index contributed by atoms with van der Waals surface area (Å²) < 4.78 is 35.0. The molecule has 7 nitrogen and oxygen atoms in total. The Morgan fingerprint density at radius 3 is 2.50 bits per heavy atom. The van der Waals surface area contributed by atoms with Gasteiger partial charge >= 0.3 is 0 Å². The first-order chi connectivity index (χ1) is 14.6. The van der Waals surface area contributed by atoms with E-state index < -0.39 is 5.82 Å². The lowest BCUT2D eigenvalue weighted by Gasteiger charge is -2.16. The first-order valence-electron chi connectivity index (χ1n) is 9.01. The quantitative estimate of drug-likeness (QED) is 0.603. The Morgan fingerprint density at radius 1 is 1.00 bits per heavy atom. The van der Waals surface area contributed by atoms with Crippen LogP contribution in [0.3, 0.4) is 0 Å². The van der Waals surface area contributed by atoms with Crippen LogP contribution in [0.25, 0.3) is 0 Å². The first kappa shape index (κ1) is 20.9. The molecule has 2 aromatic carbocycles. The van der Waals surface area contributed by atoms with Crippen molar-refractivity contribution in [3.63, 3.8) is 0 Å². The highest BCUT2D eigenvalue weighted by molar-refractivity contribution is 5.98. The van der Waals surface area contributed by atoms with Crippen molar-refractivity contribution in [1.82, 2.24) is 10.3 Å². The average Bonchev–Trinajstić information content (AvgIpc) is 2.77. The van der Waals surface area contributed by atoms with Crippen molar-refractivity contribution in [2.45, 2.75) is 6.54 Å². The zero-order valence-corrected chi connectivity index (χ0v) is 16.8. The van der Waals surface area contributed by atoms with Crippen molar-refractivity contribution in [2.24, 2.45) is 0 Å². The zero-order valence-electron chi connectivity index (χ0n) is 16.8. The number of carbonyl (C=O) groups excluding carboxylic acids is 1. The topological polar surface area (TPSA) is 78.9 Å². The molecule has 8 heteroatoms. The Balaban J connectivity index is 1.79. The Kier molecular flexibility index (Phi) is 6.69. The predicted molar refractivity (Wildman–Crippen MR) is 108 cm³/mol. The molecule has 0 saturated heterocycles. The normalized spacial score (nSPS) is 10.3. The first-order valence-corrected chi connectivity index (χ1v) is 9.01. The monoisotopic (exact) mass is 412 g/mol. The highest BCUT2D eigenvalue weighted by Gasteiger charge is 2.21. The van der Waals surface area contributed by atoms with Crippen LogP contribution in [0.2, 0.25) is 0 Å². The minimum Gasteiger partial charge on any atom is -0.493 e. The minimum atomic E-state index is -0.418. The van der Waals surface area contributed by atoms with E-state index in [-0.39, 0.29) is 29.6 Å². The van der Waals surface area contributed by atoms with E-state index >= 15 is 0 Å². The van der Waals surface area contributed by atoms with Gasteiger partial charge in [0.2, 0.25) is 11.6 Å². The summed E-state index contributed by atoms with van der Waals surface area (Å²) in [6.45, 7) is 0.134. The van der Waals surface area contributed by atoms with Gasteiger partial charge in [0.15, 0.2) is 11.5 Å². The lowest BCUT2D eigenvalue weighted by Crippen LogP contribution is -2.24. The molecule has 0 bridgehead atoms.